The minimum absolute atomic E-state index is 0.0239. The van der Waals surface area contributed by atoms with Crippen LogP contribution in [0.5, 0.6) is 0 Å². The number of carbonyl (C=O) groups is 1. The molecule has 0 radical (unpaired) electrons. The Hall–Kier alpha value is -3.54. The fourth-order valence-corrected chi connectivity index (χ4v) is 2.81. The van der Waals surface area contributed by atoms with Crippen LogP contribution in [0.3, 0.4) is 0 Å². The van der Waals surface area contributed by atoms with Gasteiger partial charge in [0.15, 0.2) is 5.65 Å². The van der Waals surface area contributed by atoms with Gasteiger partial charge in [0.25, 0.3) is 0 Å². The molecule has 0 saturated carbocycles. The van der Waals surface area contributed by atoms with E-state index in [-0.39, 0.29) is 22.5 Å². The highest BCUT2D eigenvalue weighted by atomic mass is 19.1. The monoisotopic (exact) mass is 333 g/mol. The molecule has 0 atom stereocenters. The average molecular weight is 333 g/mol. The van der Waals surface area contributed by atoms with Crippen LogP contribution >= 0.6 is 0 Å². The number of nitrogens with one attached hydrogen (secondary N) is 1. The molecule has 0 bridgehead atoms. The SMILES string of the molecule is O=C(O)c1cc(-c2ccccc2F)nc2n[nH]c(-c3ccccc3)c12. The van der Waals surface area contributed by atoms with E-state index in [1.165, 1.54) is 12.1 Å². The van der Waals surface area contributed by atoms with Crippen molar-refractivity contribution in [1.29, 1.82) is 0 Å². The number of carboxylic acid groups (broad SMARTS) is 1. The molecule has 4 rings (SSSR count). The average Bonchev–Trinajstić information content (AvgIpc) is 3.06. The minimum atomic E-state index is -1.12. The highest BCUT2D eigenvalue weighted by molar-refractivity contribution is 6.08. The normalized spacial score (nSPS) is 10.9. The van der Waals surface area contributed by atoms with Crippen LogP contribution in [-0.2, 0) is 0 Å². The lowest BCUT2D eigenvalue weighted by Crippen LogP contribution is -2.01. The third-order valence-electron chi connectivity index (χ3n) is 3.97. The summed E-state index contributed by atoms with van der Waals surface area (Å²) in [5.41, 5.74) is 2.09. The van der Waals surface area contributed by atoms with Crippen molar-refractivity contribution in [3.63, 3.8) is 0 Å². The Labute approximate surface area is 141 Å². The summed E-state index contributed by atoms with van der Waals surface area (Å²) in [5.74, 6) is -1.59. The van der Waals surface area contributed by atoms with Crippen molar-refractivity contribution < 1.29 is 14.3 Å². The number of nitrogens with zero attached hydrogens (tertiary/aromatic N) is 2. The van der Waals surface area contributed by atoms with Gasteiger partial charge in [-0.1, -0.05) is 42.5 Å². The second-order valence-corrected chi connectivity index (χ2v) is 5.50. The summed E-state index contributed by atoms with van der Waals surface area (Å²) in [7, 11) is 0. The number of benzene rings is 2. The lowest BCUT2D eigenvalue weighted by Gasteiger charge is -2.06. The standard InChI is InChI=1S/C19H12FN3O2/c20-14-9-5-4-8-12(14)15-10-13(19(24)25)16-17(22-23-18(16)21-15)11-6-2-1-3-7-11/h1-10H,(H,24,25)(H,21,22,23). The van der Waals surface area contributed by atoms with Gasteiger partial charge in [0.05, 0.1) is 22.3 Å². The summed E-state index contributed by atoms with van der Waals surface area (Å²) < 4.78 is 14.1. The molecule has 2 aromatic carbocycles. The molecular weight excluding hydrogens is 321 g/mol. The molecule has 4 aromatic rings. The molecule has 25 heavy (non-hydrogen) atoms. The lowest BCUT2D eigenvalue weighted by molar-refractivity contribution is 0.0699. The Balaban J connectivity index is 2.01. The van der Waals surface area contributed by atoms with Crippen LogP contribution in [0.4, 0.5) is 4.39 Å². The lowest BCUT2D eigenvalue weighted by atomic mass is 10.0. The third-order valence-corrected chi connectivity index (χ3v) is 3.97. The number of aromatic nitrogens is 3. The van der Waals surface area contributed by atoms with Crippen LogP contribution in [-0.4, -0.2) is 26.3 Å². The van der Waals surface area contributed by atoms with Crippen molar-refractivity contribution in [2.24, 2.45) is 0 Å². The molecule has 0 aliphatic carbocycles. The molecule has 0 saturated heterocycles. The highest BCUT2D eigenvalue weighted by Crippen LogP contribution is 2.31. The van der Waals surface area contributed by atoms with Crippen molar-refractivity contribution in [2.75, 3.05) is 0 Å². The van der Waals surface area contributed by atoms with E-state index in [4.69, 9.17) is 0 Å². The molecule has 0 spiro atoms. The molecular formula is C19H12FN3O2. The largest absolute Gasteiger partial charge is 0.478 e. The molecule has 2 heterocycles. The number of carboxylic acids is 1. The van der Waals surface area contributed by atoms with Gasteiger partial charge in [-0.3, -0.25) is 5.10 Å². The number of H-pyrrole nitrogens is 1. The molecule has 0 aliphatic heterocycles. The van der Waals surface area contributed by atoms with Gasteiger partial charge < -0.3 is 5.11 Å². The van der Waals surface area contributed by atoms with Gasteiger partial charge >= 0.3 is 5.97 Å². The maximum atomic E-state index is 14.1. The summed E-state index contributed by atoms with van der Waals surface area (Å²) in [6.45, 7) is 0. The van der Waals surface area contributed by atoms with Crippen molar-refractivity contribution in [1.82, 2.24) is 15.2 Å². The zero-order valence-corrected chi connectivity index (χ0v) is 12.9. The number of hydrogen-bond acceptors (Lipinski definition) is 3. The van der Waals surface area contributed by atoms with E-state index in [0.29, 0.717) is 11.1 Å². The predicted octanol–water partition coefficient (Wildman–Crippen LogP) is 4.13. The number of aromatic carboxylic acids is 1. The minimum Gasteiger partial charge on any atom is -0.478 e. The van der Waals surface area contributed by atoms with Crippen LogP contribution in [0.1, 0.15) is 10.4 Å². The quantitative estimate of drug-likeness (QED) is 0.591. The summed E-state index contributed by atoms with van der Waals surface area (Å²) in [6, 6.07) is 16.8. The number of halogens is 1. The number of fused-ring (bicyclic) bond motifs is 1. The molecule has 122 valence electrons. The Morgan fingerprint density at radius 2 is 1.76 bits per heavy atom. The zero-order chi connectivity index (χ0) is 17.4. The highest BCUT2D eigenvalue weighted by Gasteiger charge is 2.20. The van der Waals surface area contributed by atoms with Crippen molar-refractivity contribution in [3.8, 4) is 22.5 Å². The number of aromatic amines is 1. The first kappa shape index (κ1) is 15.0. The molecule has 0 aliphatic rings. The Morgan fingerprint density at radius 1 is 1.04 bits per heavy atom. The molecule has 2 N–H and O–H groups in total. The van der Waals surface area contributed by atoms with Crippen LogP contribution in [0.25, 0.3) is 33.5 Å². The molecule has 6 heteroatoms. The molecule has 0 amide bonds. The van der Waals surface area contributed by atoms with E-state index in [9.17, 15) is 14.3 Å². The zero-order valence-electron chi connectivity index (χ0n) is 12.9. The summed E-state index contributed by atoms with van der Waals surface area (Å²) in [6.07, 6.45) is 0. The van der Waals surface area contributed by atoms with E-state index in [2.05, 4.69) is 15.2 Å². The topological polar surface area (TPSA) is 78.9 Å². The van der Waals surface area contributed by atoms with E-state index >= 15 is 0 Å². The van der Waals surface area contributed by atoms with Gasteiger partial charge in [0.1, 0.15) is 5.82 Å². The van der Waals surface area contributed by atoms with Crippen molar-refractivity contribution in [3.05, 3.63) is 72.0 Å². The van der Waals surface area contributed by atoms with Crippen LogP contribution < -0.4 is 0 Å². The van der Waals surface area contributed by atoms with Crippen molar-refractivity contribution in [2.45, 2.75) is 0 Å². The maximum absolute atomic E-state index is 14.1. The second kappa shape index (κ2) is 5.83. The molecule has 0 fully saturated rings. The van der Waals surface area contributed by atoms with Gasteiger partial charge in [-0.25, -0.2) is 14.2 Å². The fraction of sp³-hybridized carbons (Fsp3) is 0. The Kier molecular flexibility index (Phi) is 3.50. The molecule has 0 unspecified atom stereocenters. The van der Waals surface area contributed by atoms with Gasteiger partial charge in [0.2, 0.25) is 0 Å². The second-order valence-electron chi connectivity index (χ2n) is 5.50. The van der Waals surface area contributed by atoms with Gasteiger partial charge in [0, 0.05) is 11.1 Å². The molecule has 2 aromatic heterocycles. The van der Waals surface area contributed by atoms with E-state index < -0.39 is 11.8 Å². The van der Waals surface area contributed by atoms with E-state index in [1.807, 2.05) is 30.3 Å². The first-order valence-corrected chi connectivity index (χ1v) is 7.58. The molecule has 5 nitrogen and oxygen atoms in total. The summed E-state index contributed by atoms with van der Waals surface area (Å²) in [4.78, 5) is 16.2. The van der Waals surface area contributed by atoms with Gasteiger partial charge in [-0.15, -0.1) is 0 Å². The van der Waals surface area contributed by atoms with Crippen molar-refractivity contribution >= 4 is 17.0 Å². The predicted molar refractivity (Wildman–Crippen MR) is 91.7 cm³/mol. The van der Waals surface area contributed by atoms with Crippen LogP contribution in [0.15, 0.2) is 60.7 Å². The van der Waals surface area contributed by atoms with E-state index in [1.54, 1.807) is 18.2 Å². The number of hydrogen-bond donors (Lipinski definition) is 2. The van der Waals surface area contributed by atoms with Gasteiger partial charge in [-0.05, 0) is 18.2 Å². The van der Waals surface area contributed by atoms with Crippen LogP contribution in [0.2, 0.25) is 0 Å². The Morgan fingerprint density at radius 3 is 2.48 bits per heavy atom. The smallest absolute Gasteiger partial charge is 0.336 e. The number of rotatable bonds is 3. The summed E-state index contributed by atoms with van der Waals surface area (Å²) >= 11 is 0. The first-order chi connectivity index (χ1) is 12.1. The fourth-order valence-electron chi connectivity index (χ4n) is 2.81. The van der Waals surface area contributed by atoms with Gasteiger partial charge in [-0.2, -0.15) is 5.10 Å². The third kappa shape index (κ3) is 2.53. The first-order valence-electron chi connectivity index (χ1n) is 7.58. The maximum Gasteiger partial charge on any atom is 0.336 e. The van der Waals surface area contributed by atoms with Crippen LogP contribution in [0, 0.1) is 5.82 Å². The number of pyridine rings is 1. The van der Waals surface area contributed by atoms with E-state index in [0.717, 1.165) is 5.56 Å². The summed E-state index contributed by atoms with van der Waals surface area (Å²) in [5, 5.41) is 17.0. The Bertz CT molecular complexity index is 1090.